The van der Waals surface area contributed by atoms with Gasteiger partial charge in [0.1, 0.15) is 5.75 Å². The summed E-state index contributed by atoms with van der Waals surface area (Å²) >= 11 is 5.84. The van der Waals surface area contributed by atoms with Gasteiger partial charge in [-0.15, -0.1) is 0 Å². The summed E-state index contributed by atoms with van der Waals surface area (Å²) in [6.45, 7) is -0.0803. The van der Waals surface area contributed by atoms with E-state index in [-0.39, 0.29) is 11.8 Å². The monoisotopic (exact) mass is 311 g/mol. The Hall–Kier alpha value is -1.65. The Morgan fingerprint density at radius 3 is 2.24 bits per heavy atom. The van der Waals surface area contributed by atoms with Crippen LogP contribution in [0.3, 0.4) is 0 Å². The summed E-state index contributed by atoms with van der Waals surface area (Å²) in [6.07, 6.45) is 0. The molecule has 0 fully saturated rings. The quantitative estimate of drug-likeness (QED) is 0.828. The van der Waals surface area contributed by atoms with Crippen molar-refractivity contribution in [2.45, 2.75) is 26.1 Å². The predicted molar refractivity (Wildman–Crippen MR) is 79.8 cm³/mol. The molecule has 5 heteroatoms. The molecular weight excluding hydrogens is 296 g/mol. The van der Waals surface area contributed by atoms with Crippen molar-refractivity contribution >= 4 is 11.6 Å². The van der Waals surface area contributed by atoms with Crippen molar-refractivity contribution in [2.24, 2.45) is 0 Å². The zero-order valence-corrected chi connectivity index (χ0v) is 12.3. The number of halogens is 3. The topological polar surface area (TPSA) is 21.3 Å². The van der Waals surface area contributed by atoms with Gasteiger partial charge < -0.3 is 10.1 Å². The van der Waals surface area contributed by atoms with Gasteiger partial charge in [-0.1, -0.05) is 35.9 Å². The molecule has 1 N–H and O–H groups in total. The average Bonchev–Trinajstić information content (AvgIpc) is 2.46. The van der Waals surface area contributed by atoms with Crippen LogP contribution in [0.15, 0.2) is 48.5 Å². The molecule has 0 amide bonds. The summed E-state index contributed by atoms with van der Waals surface area (Å²) < 4.78 is 28.5. The summed E-state index contributed by atoms with van der Waals surface area (Å²) in [5.74, 6) is 0.165. The number of alkyl halides is 2. The Bertz CT molecular complexity index is 557. The first-order chi connectivity index (χ1) is 10.0. The third-order valence-electron chi connectivity index (χ3n) is 3.13. The Morgan fingerprint density at radius 1 is 1.05 bits per heavy atom. The summed E-state index contributed by atoms with van der Waals surface area (Å²) in [5.41, 5.74) is 2.13. The highest BCUT2D eigenvalue weighted by Crippen LogP contribution is 2.19. The fourth-order valence-electron chi connectivity index (χ4n) is 1.93. The maximum Gasteiger partial charge on any atom is 0.387 e. The van der Waals surface area contributed by atoms with E-state index in [0.29, 0.717) is 11.6 Å². The molecule has 2 aromatic carbocycles. The molecule has 1 atom stereocenters. The van der Waals surface area contributed by atoms with E-state index in [1.54, 1.807) is 24.3 Å². The van der Waals surface area contributed by atoms with Crippen LogP contribution in [0.25, 0.3) is 0 Å². The molecule has 0 aliphatic heterocycles. The zero-order valence-electron chi connectivity index (χ0n) is 11.5. The number of nitrogens with one attached hydrogen (secondary N) is 1. The van der Waals surface area contributed by atoms with Gasteiger partial charge >= 0.3 is 6.61 Å². The molecule has 0 spiro atoms. The SMILES string of the molecule is CC(NCc1ccc(Cl)cc1)c1ccc(OC(F)F)cc1. The Morgan fingerprint density at radius 2 is 1.67 bits per heavy atom. The molecule has 2 nitrogen and oxygen atoms in total. The molecule has 112 valence electrons. The van der Waals surface area contributed by atoms with Gasteiger partial charge in [0.2, 0.25) is 0 Å². The van der Waals surface area contributed by atoms with E-state index in [9.17, 15) is 8.78 Å². The highest BCUT2D eigenvalue weighted by Gasteiger charge is 2.07. The standard InChI is InChI=1S/C16H16ClF2NO/c1-11(20-10-12-2-6-14(17)7-3-12)13-4-8-15(9-5-13)21-16(18)19/h2-9,11,16,20H,10H2,1H3. The fraction of sp³-hybridized carbons (Fsp3) is 0.250. The van der Waals surface area contributed by atoms with Crippen molar-refractivity contribution in [3.63, 3.8) is 0 Å². The summed E-state index contributed by atoms with van der Waals surface area (Å²) in [6, 6.07) is 14.3. The molecule has 2 aromatic rings. The largest absolute Gasteiger partial charge is 0.435 e. The molecule has 2 rings (SSSR count). The van der Waals surface area contributed by atoms with Gasteiger partial charge in [0, 0.05) is 17.6 Å². The number of rotatable bonds is 6. The Kier molecular flexibility index (Phi) is 5.53. The van der Waals surface area contributed by atoms with Crippen molar-refractivity contribution in [3.05, 3.63) is 64.7 Å². The van der Waals surface area contributed by atoms with Gasteiger partial charge in [-0.05, 0) is 42.3 Å². The predicted octanol–water partition coefficient (Wildman–Crippen LogP) is 4.79. The number of benzene rings is 2. The van der Waals surface area contributed by atoms with Gasteiger partial charge in [0.15, 0.2) is 0 Å². The smallest absolute Gasteiger partial charge is 0.387 e. The van der Waals surface area contributed by atoms with Crippen molar-refractivity contribution in [1.82, 2.24) is 5.32 Å². The van der Waals surface area contributed by atoms with Crippen LogP contribution < -0.4 is 10.1 Å². The van der Waals surface area contributed by atoms with Crippen LogP contribution in [-0.2, 0) is 6.54 Å². The summed E-state index contributed by atoms with van der Waals surface area (Å²) in [5, 5.41) is 4.07. The lowest BCUT2D eigenvalue weighted by Gasteiger charge is -2.15. The van der Waals surface area contributed by atoms with E-state index in [2.05, 4.69) is 10.1 Å². The zero-order chi connectivity index (χ0) is 15.2. The molecule has 0 aromatic heterocycles. The molecule has 0 bridgehead atoms. The molecule has 21 heavy (non-hydrogen) atoms. The number of ether oxygens (including phenoxy) is 1. The minimum atomic E-state index is -2.80. The van der Waals surface area contributed by atoms with Gasteiger partial charge in [0.05, 0.1) is 0 Å². The number of hydrogen-bond donors (Lipinski definition) is 1. The minimum Gasteiger partial charge on any atom is -0.435 e. The lowest BCUT2D eigenvalue weighted by molar-refractivity contribution is -0.0498. The van der Waals surface area contributed by atoms with Crippen LogP contribution in [0, 0.1) is 0 Å². The van der Waals surface area contributed by atoms with Gasteiger partial charge in [-0.25, -0.2) is 0 Å². The fourth-order valence-corrected chi connectivity index (χ4v) is 2.05. The molecule has 0 saturated carbocycles. The van der Waals surface area contributed by atoms with Crippen molar-refractivity contribution in [3.8, 4) is 5.75 Å². The van der Waals surface area contributed by atoms with Crippen molar-refractivity contribution < 1.29 is 13.5 Å². The van der Waals surface area contributed by atoms with E-state index in [1.165, 1.54) is 0 Å². The highest BCUT2D eigenvalue weighted by molar-refractivity contribution is 6.30. The maximum absolute atomic E-state index is 12.1. The highest BCUT2D eigenvalue weighted by atomic mass is 35.5. The van der Waals surface area contributed by atoms with Gasteiger partial charge in [-0.3, -0.25) is 0 Å². The second kappa shape index (κ2) is 7.38. The molecule has 0 heterocycles. The lowest BCUT2D eigenvalue weighted by Crippen LogP contribution is -2.18. The summed E-state index contributed by atoms with van der Waals surface area (Å²) in [7, 11) is 0. The van der Waals surface area contributed by atoms with E-state index in [1.807, 2.05) is 31.2 Å². The second-order valence-electron chi connectivity index (χ2n) is 4.68. The van der Waals surface area contributed by atoms with E-state index >= 15 is 0 Å². The van der Waals surface area contributed by atoms with E-state index in [4.69, 9.17) is 11.6 Å². The molecule has 0 radical (unpaired) electrons. The van der Waals surface area contributed by atoms with Crippen molar-refractivity contribution in [1.29, 1.82) is 0 Å². The third-order valence-corrected chi connectivity index (χ3v) is 3.38. The molecule has 0 saturated heterocycles. The molecule has 1 unspecified atom stereocenters. The average molecular weight is 312 g/mol. The molecular formula is C16H16ClF2NO. The van der Waals surface area contributed by atoms with Gasteiger partial charge in [0.25, 0.3) is 0 Å². The third kappa shape index (κ3) is 4.99. The van der Waals surface area contributed by atoms with Crippen LogP contribution in [0.5, 0.6) is 5.75 Å². The molecule has 0 aliphatic rings. The van der Waals surface area contributed by atoms with Crippen LogP contribution >= 0.6 is 11.6 Å². The van der Waals surface area contributed by atoms with Crippen LogP contribution in [0.1, 0.15) is 24.1 Å². The molecule has 0 aliphatic carbocycles. The van der Waals surface area contributed by atoms with Gasteiger partial charge in [-0.2, -0.15) is 8.78 Å². The normalized spacial score (nSPS) is 12.4. The van der Waals surface area contributed by atoms with Crippen LogP contribution in [-0.4, -0.2) is 6.61 Å². The first-order valence-electron chi connectivity index (χ1n) is 6.57. The summed E-state index contributed by atoms with van der Waals surface area (Å²) in [4.78, 5) is 0. The maximum atomic E-state index is 12.1. The first-order valence-corrected chi connectivity index (χ1v) is 6.95. The minimum absolute atomic E-state index is 0.0984. The Labute approximate surface area is 127 Å². The van der Waals surface area contributed by atoms with Crippen LogP contribution in [0.2, 0.25) is 5.02 Å². The van der Waals surface area contributed by atoms with E-state index in [0.717, 1.165) is 11.1 Å². The Balaban J connectivity index is 1.90. The van der Waals surface area contributed by atoms with Crippen molar-refractivity contribution in [2.75, 3.05) is 0 Å². The number of hydrogen-bond acceptors (Lipinski definition) is 2. The first kappa shape index (κ1) is 15.7. The van der Waals surface area contributed by atoms with Crippen LogP contribution in [0.4, 0.5) is 8.78 Å². The second-order valence-corrected chi connectivity index (χ2v) is 5.11. The van der Waals surface area contributed by atoms with E-state index < -0.39 is 6.61 Å². The lowest BCUT2D eigenvalue weighted by atomic mass is 10.1.